The summed E-state index contributed by atoms with van der Waals surface area (Å²) in [5.41, 5.74) is 2.95. The van der Waals surface area contributed by atoms with Crippen LogP contribution >= 0.6 is 23.2 Å². The van der Waals surface area contributed by atoms with Gasteiger partial charge in [-0.2, -0.15) is 0 Å². The predicted molar refractivity (Wildman–Crippen MR) is 144 cm³/mol. The molecule has 2 unspecified atom stereocenters. The van der Waals surface area contributed by atoms with Crippen LogP contribution in [0.3, 0.4) is 0 Å². The monoisotopic (exact) mass is 520 g/mol. The minimum absolute atomic E-state index is 0.537. The Labute approximate surface area is 215 Å². The molecule has 0 aliphatic carbocycles. The van der Waals surface area contributed by atoms with Crippen molar-refractivity contribution in [3.8, 4) is 0 Å². The largest absolute Gasteiger partial charge is 0.265 e. The standard InChI is InChI=1S/C28H22Cl2N2O2S/c29-25-7-3-23(4-8-25)27(11-1-21-13-17-31-18-14-21)35(33,34)28(24-5-9-26(30)10-6-24)12-2-22-15-19-32-20-16-22/h1-20,27-28H/b11-1+,12-2+. The SMILES string of the molecule is O=S(=O)(C(/C=C/c1ccncc1)c1ccc(Cl)cc1)C(/C=C/c1ccncc1)c1ccc(Cl)cc1. The molecule has 0 saturated heterocycles. The number of hydrogen-bond acceptors (Lipinski definition) is 4. The van der Waals surface area contributed by atoms with Gasteiger partial charge in [-0.05, 0) is 70.8 Å². The molecule has 2 atom stereocenters. The van der Waals surface area contributed by atoms with Gasteiger partial charge in [-0.25, -0.2) is 8.42 Å². The fourth-order valence-electron chi connectivity index (χ4n) is 3.63. The van der Waals surface area contributed by atoms with Gasteiger partial charge in [0.15, 0.2) is 9.84 Å². The second-order valence-electron chi connectivity index (χ2n) is 7.81. The van der Waals surface area contributed by atoms with E-state index in [1.54, 1.807) is 97.6 Å². The molecule has 0 saturated carbocycles. The Morgan fingerprint density at radius 1 is 0.571 bits per heavy atom. The van der Waals surface area contributed by atoms with Gasteiger partial charge in [0.2, 0.25) is 0 Å². The molecule has 0 aliphatic rings. The first-order valence-electron chi connectivity index (χ1n) is 10.8. The van der Waals surface area contributed by atoms with Crippen LogP contribution in [0.25, 0.3) is 12.2 Å². The molecule has 0 fully saturated rings. The van der Waals surface area contributed by atoms with Crippen LogP contribution in [0.4, 0.5) is 0 Å². The Bertz CT molecular complexity index is 1300. The summed E-state index contributed by atoms with van der Waals surface area (Å²) in [5, 5.41) is -0.768. The van der Waals surface area contributed by atoms with Crippen molar-refractivity contribution < 1.29 is 8.42 Å². The first-order valence-corrected chi connectivity index (χ1v) is 13.2. The predicted octanol–water partition coefficient (Wildman–Crippen LogP) is 7.41. The number of rotatable bonds is 8. The van der Waals surface area contributed by atoms with Crippen molar-refractivity contribution in [3.63, 3.8) is 0 Å². The normalized spacial score (nSPS) is 13.8. The highest BCUT2D eigenvalue weighted by Gasteiger charge is 2.33. The van der Waals surface area contributed by atoms with E-state index < -0.39 is 20.3 Å². The highest BCUT2D eigenvalue weighted by Crippen LogP contribution is 2.38. The molecule has 35 heavy (non-hydrogen) atoms. The van der Waals surface area contributed by atoms with Crippen molar-refractivity contribution in [3.05, 3.63) is 142 Å². The average Bonchev–Trinajstić information content (AvgIpc) is 2.87. The lowest BCUT2D eigenvalue weighted by atomic mass is 10.1. The number of pyridine rings is 2. The first kappa shape index (κ1) is 24.9. The third kappa shape index (κ3) is 6.45. The fourth-order valence-corrected chi connectivity index (χ4v) is 5.87. The van der Waals surface area contributed by atoms with Crippen molar-refractivity contribution in [1.82, 2.24) is 9.97 Å². The van der Waals surface area contributed by atoms with E-state index >= 15 is 0 Å². The maximum atomic E-state index is 14.3. The number of halogens is 2. The highest BCUT2D eigenvalue weighted by atomic mass is 35.5. The van der Waals surface area contributed by atoms with Crippen LogP contribution in [0, 0.1) is 0 Å². The number of nitrogens with zero attached hydrogens (tertiary/aromatic N) is 2. The number of sulfone groups is 1. The summed E-state index contributed by atoms with van der Waals surface area (Å²) in [6.45, 7) is 0. The third-order valence-corrected chi connectivity index (χ3v) is 8.22. The van der Waals surface area contributed by atoms with Crippen LogP contribution < -0.4 is 0 Å². The van der Waals surface area contributed by atoms with E-state index in [1.165, 1.54) is 0 Å². The van der Waals surface area contributed by atoms with Crippen LogP contribution in [-0.2, 0) is 9.84 Å². The second kappa shape index (κ2) is 11.5. The Balaban J connectivity index is 1.82. The summed E-state index contributed by atoms with van der Waals surface area (Å²) >= 11 is 12.2. The van der Waals surface area contributed by atoms with E-state index in [9.17, 15) is 8.42 Å². The summed E-state index contributed by atoms with van der Waals surface area (Å²) in [7, 11) is -3.83. The van der Waals surface area contributed by atoms with Gasteiger partial charge < -0.3 is 0 Å². The highest BCUT2D eigenvalue weighted by molar-refractivity contribution is 7.92. The van der Waals surface area contributed by atoms with E-state index in [0.717, 1.165) is 11.1 Å². The van der Waals surface area contributed by atoms with Crippen LogP contribution in [-0.4, -0.2) is 18.4 Å². The molecular formula is C28H22Cl2N2O2S. The van der Waals surface area contributed by atoms with Gasteiger partial charge in [0.05, 0.1) is 0 Å². The van der Waals surface area contributed by atoms with E-state index in [2.05, 4.69) is 9.97 Å². The van der Waals surface area contributed by atoms with Gasteiger partial charge >= 0.3 is 0 Å². The van der Waals surface area contributed by atoms with Gasteiger partial charge in [-0.15, -0.1) is 0 Å². The van der Waals surface area contributed by atoms with E-state index in [4.69, 9.17) is 23.2 Å². The molecule has 4 rings (SSSR count). The van der Waals surface area contributed by atoms with Crippen molar-refractivity contribution in [2.24, 2.45) is 0 Å². The molecule has 0 aliphatic heterocycles. The molecular weight excluding hydrogens is 499 g/mol. The molecule has 2 aromatic heterocycles. The summed E-state index contributed by atoms with van der Waals surface area (Å²) in [5.74, 6) is 0. The molecule has 2 heterocycles. The summed E-state index contributed by atoms with van der Waals surface area (Å²) < 4.78 is 28.5. The first-order chi connectivity index (χ1) is 16.9. The molecule has 0 spiro atoms. The van der Waals surface area contributed by atoms with E-state index in [-0.39, 0.29) is 0 Å². The van der Waals surface area contributed by atoms with E-state index in [0.29, 0.717) is 21.2 Å². The fraction of sp³-hybridized carbons (Fsp3) is 0.0714. The zero-order chi connectivity index (χ0) is 24.7. The smallest absolute Gasteiger partial charge is 0.171 e. The molecule has 4 nitrogen and oxygen atoms in total. The lowest BCUT2D eigenvalue weighted by Crippen LogP contribution is -2.19. The second-order valence-corrected chi connectivity index (χ2v) is 10.9. The maximum absolute atomic E-state index is 14.3. The van der Waals surface area contributed by atoms with Crippen molar-refractivity contribution >= 4 is 45.2 Å². The molecule has 0 N–H and O–H groups in total. The molecule has 4 aromatic rings. The van der Waals surface area contributed by atoms with Crippen LogP contribution in [0.5, 0.6) is 0 Å². The Morgan fingerprint density at radius 2 is 0.914 bits per heavy atom. The van der Waals surface area contributed by atoms with Crippen LogP contribution in [0.2, 0.25) is 10.0 Å². The molecule has 0 bridgehead atoms. The van der Waals surface area contributed by atoms with Gasteiger partial charge in [0.25, 0.3) is 0 Å². The minimum Gasteiger partial charge on any atom is -0.265 e. The average molecular weight is 521 g/mol. The maximum Gasteiger partial charge on any atom is 0.171 e. The Morgan fingerprint density at radius 3 is 1.26 bits per heavy atom. The van der Waals surface area contributed by atoms with Gasteiger partial charge in [-0.3, -0.25) is 9.97 Å². The topological polar surface area (TPSA) is 59.9 Å². The van der Waals surface area contributed by atoms with Gasteiger partial charge in [0, 0.05) is 34.8 Å². The molecule has 2 aromatic carbocycles. The summed E-state index contributed by atoms with van der Waals surface area (Å²) in [6, 6.07) is 21.1. The molecule has 0 amide bonds. The summed E-state index contributed by atoms with van der Waals surface area (Å²) in [6.07, 6.45) is 13.7. The quantitative estimate of drug-likeness (QED) is 0.242. The molecule has 7 heteroatoms. The van der Waals surface area contributed by atoms with Gasteiger partial charge in [-0.1, -0.05) is 71.8 Å². The van der Waals surface area contributed by atoms with Crippen molar-refractivity contribution in [1.29, 1.82) is 0 Å². The van der Waals surface area contributed by atoms with Crippen LogP contribution in [0.1, 0.15) is 32.8 Å². The third-order valence-electron chi connectivity index (χ3n) is 5.44. The summed E-state index contributed by atoms with van der Waals surface area (Å²) in [4.78, 5) is 8.05. The van der Waals surface area contributed by atoms with Crippen molar-refractivity contribution in [2.75, 3.05) is 0 Å². The number of aromatic nitrogens is 2. The molecule has 176 valence electrons. The Kier molecular flexibility index (Phi) is 8.13. The van der Waals surface area contributed by atoms with E-state index in [1.807, 2.05) is 24.3 Å². The zero-order valence-corrected chi connectivity index (χ0v) is 20.9. The molecule has 0 radical (unpaired) electrons. The van der Waals surface area contributed by atoms with Crippen molar-refractivity contribution in [2.45, 2.75) is 10.5 Å². The van der Waals surface area contributed by atoms with Gasteiger partial charge in [0.1, 0.15) is 10.5 Å². The number of benzene rings is 2. The minimum atomic E-state index is -3.83. The zero-order valence-electron chi connectivity index (χ0n) is 18.6. The van der Waals surface area contributed by atoms with Crippen LogP contribution in [0.15, 0.2) is 110 Å². The number of hydrogen-bond donors (Lipinski definition) is 0. The lowest BCUT2D eigenvalue weighted by Gasteiger charge is -2.22. The Hall–Kier alpha value is -3.25. The lowest BCUT2D eigenvalue weighted by molar-refractivity contribution is 0.584.